The van der Waals surface area contributed by atoms with Crippen LogP contribution in [0.1, 0.15) is 32.1 Å². The molecule has 1 aliphatic heterocycles. The van der Waals surface area contributed by atoms with Crippen molar-refractivity contribution in [2.24, 2.45) is 0 Å². The highest BCUT2D eigenvalue weighted by Crippen LogP contribution is 2.28. The second-order valence-electron chi connectivity index (χ2n) is 7.60. The Kier molecular flexibility index (Phi) is 7.64. The van der Waals surface area contributed by atoms with Gasteiger partial charge in [0.05, 0.1) is 29.4 Å². The van der Waals surface area contributed by atoms with Gasteiger partial charge < -0.3 is 15.1 Å². The number of hydrogen-bond donors (Lipinski definition) is 2. The minimum absolute atomic E-state index is 0.0759. The maximum absolute atomic E-state index is 12.6. The summed E-state index contributed by atoms with van der Waals surface area (Å²) in [6, 6.07) is 4.85. The van der Waals surface area contributed by atoms with E-state index in [9.17, 15) is 13.2 Å². The lowest BCUT2D eigenvalue weighted by molar-refractivity contribution is -0.892. The van der Waals surface area contributed by atoms with Crippen LogP contribution < -0.4 is 15.1 Å². The standard InChI is InChI=1S/C19H32N4O3S/c1-21(2)18-11-10-16(27(25,26)22(3)4)14-17(18)20-19(24)15-23-12-8-6-5-7-9-13-23/h10-11,14H,5-9,12-13,15H2,1-4H3,(H,20,24)/p+1. The number of quaternary nitrogens is 1. The number of likely N-dealkylation sites (tertiary alicyclic amines) is 1. The van der Waals surface area contributed by atoms with Crippen molar-refractivity contribution in [2.45, 2.75) is 37.0 Å². The normalized spacial score (nSPS) is 16.6. The Balaban J connectivity index is 2.18. The predicted molar refractivity (Wildman–Crippen MR) is 109 cm³/mol. The molecule has 1 aromatic rings. The molecule has 1 aromatic carbocycles. The van der Waals surface area contributed by atoms with Crippen LogP contribution in [0, 0.1) is 0 Å². The highest BCUT2D eigenvalue weighted by molar-refractivity contribution is 7.89. The molecule has 7 nitrogen and oxygen atoms in total. The number of rotatable bonds is 6. The third-order valence-corrected chi connectivity index (χ3v) is 6.78. The molecule has 0 unspecified atom stereocenters. The zero-order chi connectivity index (χ0) is 20.0. The summed E-state index contributed by atoms with van der Waals surface area (Å²) in [5.41, 5.74) is 1.31. The Hall–Kier alpha value is -1.64. The molecule has 0 spiro atoms. The van der Waals surface area contributed by atoms with Gasteiger partial charge in [-0.25, -0.2) is 12.7 Å². The van der Waals surface area contributed by atoms with Crippen molar-refractivity contribution >= 4 is 27.3 Å². The predicted octanol–water partition coefficient (Wildman–Crippen LogP) is 0.790. The van der Waals surface area contributed by atoms with Gasteiger partial charge in [-0.05, 0) is 43.9 Å². The van der Waals surface area contributed by atoms with E-state index in [1.807, 2.05) is 19.0 Å². The van der Waals surface area contributed by atoms with Crippen molar-refractivity contribution in [3.05, 3.63) is 18.2 Å². The zero-order valence-electron chi connectivity index (χ0n) is 16.9. The number of carbonyl (C=O) groups is 1. The van der Waals surface area contributed by atoms with E-state index in [1.165, 1.54) is 42.6 Å². The number of amides is 1. The molecule has 0 aliphatic carbocycles. The number of carbonyl (C=O) groups excluding carboxylic acids is 1. The van der Waals surface area contributed by atoms with Gasteiger partial charge in [0, 0.05) is 28.2 Å². The Morgan fingerprint density at radius 2 is 1.63 bits per heavy atom. The molecule has 0 atom stereocenters. The lowest BCUT2D eigenvalue weighted by Crippen LogP contribution is -3.13. The first kappa shape index (κ1) is 21.7. The van der Waals surface area contributed by atoms with Crippen LogP contribution in [0.15, 0.2) is 23.1 Å². The van der Waals surface area contributed by atoms with Crippen LogP contribution in [0.3, 0.4) is 0 Å². The molecule has 1 heterocycles. The minimum atomic E-state index is -3.56. The Morgan fingerprint density at radius 1 is 1.04 bits per heavy atom. The molecule has 1 amide bonds. The molecule has 0 saturated carbocycles. The van der Waals surface area contributed by atoms with Gasteiger partial charge in [0.15, 0.2) is 6.54 Å². The highest BCUT2D eigenvalue weighted by atomic mass is 32.2. The number of benzene rings is 1. The summed E-state index contributed by atoms with van der Waals surface area (Å²) in [5, 5.41) is 2.94. The monoisotopic (exact) mass is 397 g/mol. The highest BCUT2D eigenvalue weighted by Gasteiger charge is 2.21. The first-order valence-corrected chi connectivity index (χ1v) is 11.0. The number of nitrogens with zero attached hydrogens (tertiary/aromatic N) is 2. The lowest BCUT2D eigenvalue weighted by Gasteiger charge is -2.23. The largest absolute Gasteiger partial charge is 0.376 e. The van der Waals surface area contributed by atoms with Gasteiger partial charge >= 0.3 is 0 Å². The van der Waals surface area contributed by atoms with Crippen molar-refractivity contribution < 1.29 is 18.1 Å². The Labute approximate surface area is 163 Å². The summed E-state index contributed by atoms with van der Waals surface area (Å²) in [6.07, 6.45) is 6.07. The molecule has 27 heavy (non-hydrogen) atoms. The van der Waals surface area contributed by atoms with E-state index in [1.54, 1.807) is 18.2 Å². The van der Waals surface area contributed by atoms with Crippen LogP contribution in [0.5, 0.6) is 0 Å². The van der Waals surface area contributed by atoms with Gasteiger partial charge in [0.2, 0.25) is 10.0 Å². The average Bonchev–Trinajstić information content (AvgIpc) is 2.56. The van der Waals surface area contributed by atoms with E-state index in [0.29, 0.717) is 12.2 Å². The topological polar surface area (TPSA) is 74.2 Å². The Morgan fingerprint density at radius 3 is 2.19 bits per heavy atom. The van der Waals surface area contributed by atoms with Crippen LogP contribution in [-0.2, 0) is 14.8 Å². The Bertz CT molecular complexity index is 739. The van der Waals surface area contributed by atoms with Crippen LogP contribution >= 0.6 is 0 Å². The molecule has 152 valence electrons. The van der Waals surface area contributed by atoms with Gasteiger partial charge in [-0.15, -0.1) is 0 Å². The van der Waals surface area contributed by atoms with E-state index in [4.69, 9.17) is 0 Å². The van der Waals surface area contributed by atoms with Gasteiger partial charge in [0.25, 0.3) is 5.91 Å². The fraction of sp³-hybridized carbons (Fsp3) is 0.632. The fourth-order valence-corrected chi connectivity index (χ4v) is 4.31. The summed E-state index contributed by atoms with van der Waals surface area (Å²) in [4.78, 5) is 16.0. The molecule has 1 fully saturated rings. The van der Waals surface area contributed by atoms with Gasteiger partial charge in [0.1, 0.15) is 0 Å². The molecule has 2 N–H and O–H groups in total. The molecule has 1 aliphatic rings. The maximum Gasteiger partial charge on any atom is 0.279 e. The third-order valence-electron chi connectivity index (χ3n) is 4.97. The summed E-state index contributed by atoms with van der Waals surface area (Å²) in [6.45, 7) is 2.45. The summed E-state index contributed by atoms with van der Waals surface area (Å²) < 4.78 is 26.0. The zero-order valence-corrected chi connectivity index (χ0v) is 17.7. The van der Waals surface area contributed by atoms with Crippen LogP contribution in [-0.4, -0.2) is 66.5 Å². The van der Waals surface area contributed by atoms with Crippen molar-refractivity contribution in [2.75, 3.05) is 58.0 Å². The van der Waals surface area contributed by atoms with Gasteiger partial charge in [-0.3, -0.25) is 4.79 Å². The summed E-state index contributed by atoms with van der Waals surface area (Å²) >= 11 is 0. The first-order valence-electron chi connectivity index (χ1n) is 9.59. The SMILES string of the molecule is CN(C)c1ccc(S(=O)(=O)N(C)C)cc1NC(=O)C[NH+]1CCCCCCC1. The van der Waals surface area contributed by atoms with Crippen LogP contribution in [0.2, 0.25) is 0 Å². The van der Waals surface area contributed by atoms with E-state index in [0.717, 1.165) is 31.6 Å². The molecule has 0 radical (unpaired) electrons. The lowest BCUT2D eigenvalue weighted by atomic mass is 10.1. The number of anilines is 2. The van der Waals surface area contributed by atoms with Gasteiger partial charge in [-0.1, -0.05) is 6.42 Å². The minimum Gasteiger partial charge on any atom is -0.376 e. The fourth-order valence-electron chi connectivity index (χ4n) is 3.38. The van der Waals surface area contributed by atoms with E-state index in [-0.39, 0.29) is 10.8 Å². The van der Waals surface area contributed by atoms with Crippen molar-refractivity contribution in [3.63, 3.8) is 0 Å². The summed E-state index contributed by atoms with van der Waals surface area (Å²) in [5.74, 6) is -0.0759. The van der Waals surface area contributed by atoms with Crippen molar-refractivity contribution in [1.29, 1.82) is 0 Å². The molecular formula is C19H33N4O3S+. The molecule has 8 heteroatoms. The van der Waals surface area contributed by atoms with Crippen molar-refractivity contribution in [1.82, 2.24) is 4.31 Å². The van der Waals surface area contributed by atoms with Crippen LogP contribution in [0.25, 0.3) is 0 Å². The molecule has 2 rings (SSSR count). The second kappa shape index (κ2) is 9.52. The molecular weight excluding hydrogens is 364 g/mol. The molecule has 0 aromatic heterocycles. The average molecular weight is 398 g/mol. The number of hydrogen-bond acceptors (Lipinski definition) is 4. The first-order chi connectivity index (χ1) is 12.7. The quantitative estimate of drug-likeness (QED) is 0.744. The van der Waals surface area contributed by atoms with E-state index in [2.05, 4.69) is 5.32 Å². The van der Waals surface area contributed by atoms with Crippen LogP contribution in [0.4, 0.5) is 11.4 Å². The van der Waals surface area contributed by atoms with Crippen molar-refractivity contribution in [3.8, 4) is 0 Å². The molecule has 1 saturated heterocycles. The second-order valence-corrected chi connectivity index (χ2v) is 9.76. The third kappa shape index (κ3) is 5.92. The molecule has 0 bridgehead atoms. The number of sulfonamides is 1. The van der Waals surface area contributed by atoms with E-state index >= 15 is 0 Å². The number of nitrogens with one attached hydrogen (secondary N) is 2. The maximum atomic E-state index is 12.6. The van der Waals surface area contributed by atoms with E-state index < -0.39 is 10.0 Å². The van der Waals surface area contributed by atoms with Gasteiger partial charge in [-0.2, -0.15) is 0 Å². The smallest absolute Gasteiger partial charge is 0.279 e. The summed E-state index contributed by atoms with van der Waals surface area (Å²) in [7, 11) is 3.18.